The summed E-state index contributed by atoms with van der Waals surface area (Å²) in [4.78, 5) is 8.22. The third-order valence-corrected chi connectivity index (χ3v) is 3.36. The maximum atomic E-state index is 10.1. The molecule has 1 aromatic heterocycles. The van der Waals surface area contributed by atoms with Gasteiger partial charge in [0.25, 0.3) is 0 Å². The van der Waals surface area contributed by atoms with Crippen molar-refractivity contribution in [3.63, 3.8) is 0 Å². The number of aliphatic hydroxyl groups excluding tert-OH is 1. The Hall–Kier alpha value is -0.960. The summed E-state index contributed by atoms with van der Waals surface area (Å²) in [7, 11) is 0. The van der Waals surface area contributed by atoms with E-state index in [1.54, 1.807) is 18.5 Å². The predicted octanol–water partition coefficient (Wildman–Crippen LogP) is 2.34. The summed E-state index contributed by atoms with van der Waals surface area (Å²) in [5.41, 5.74) is 0. The van der Waals surface area contributed by atoms with Gasteiger partial charge in [-0.2, -0.15) is 0 Å². The molecule has 1 atom stereocenters. The average Bonchev–Trinajstić information content (AvgIpc) is 2.30. The molecule has 0 spiro atoms. The van der Waals surface area contributed by atoms with E-state index < -0.39 is 6.10 Å². The molecule has 1 aliphatic rings. The van der Waals surface area contributed by atoms with Gasteiger partial charge >= 0.3 is 0 Å². The van der Waals surface area contributed by atoms with E-state index in [2.05, 4.69) is 16.9 Å². The summed E-state index contributed by atoms with van der Waals surface area (Å²) in [6.07, 6.45) is 7.54. The molecule has 3 heteroatoms. The first-order valence-corrected chi connectivity index (χ1v) is 5.72. The molecule has 0 radical (unpaired) electrons. The quantitative estimate of drug-likeness (QED) is 0.807. The first kappa shape index (κ1) is 10.6. The molecule has 0 saturated heterocycles. The minimum absolute atomic E-state index is 0.351. The van der Waals surface area contributed by atoms with Crippen LogP contribution in [0.2, 0.25) is 0 Å². The van der Waals surface area contributed by atoms with Crippen LogP contribution in [-0.2, 0) is 0 Å². The van der Waals surface area contributed by atoms with Gasteiger partial charge in [-0.25, -0.2) is 9.97 Å². The lowest BCUT2D eigenvalue weighted by Gasteiger charge is -2.28. The zero-order valence-electron chi connectivity index (χ0n) is 9.13. The highest BCUT2D eigenvalue weighted by Crippen LogP contribution is 2.35. The van der Waals surface area contributed by atoms with Gasteiger partial charge in [-0.1, -0.05) is 19.8 Å². The Morgan fingerprint density at radius 1 is 1.20 bits per heavy atom. The fourth-order valence-corrected chi connectivity index (χ4v) is 2.28. The third kappa shape index (κ3) is 2.53. The lowest BCUT2D eigenvalue weighted by Crippen LogP contribution is -2.20. The normalized spacial score (nSPS) is 28.7. The molecule has 0 aliphatic heterocycles. The highest BCUT2D eigenvalue weighted by molar-refractivity contribution is 4.95. The Morgan fingerprint density at radius 2 is 1.80 bits per heavy atom. The number of hydrogen-bond acceptors (Lipinski definition) is 3. The zero-order valence-corrected chi connectivity index (χ0v) is 9.13. The van der Waals surface area contributed by atoms with E-state index in [0.717, 1.165) is 18.8 Å². The van der Waals surface area contributed by atoms with E-state index in [4.69, 9.17) is 0 Å². The first-order valence-electron chi connectivity index (χ1n) is 5.72. The average molecular weight is 206 g/mol. The van der Waals surface area contributed by atoms with Crippen molar-refractivity contribution in [2.45, 2.75) is 38.7 Å². The molecule has 1 aromatic rings. The smallest absolute Gasteiger partial charge is 0.157 e. The second kappa shape index (κ2) is 4.71. The SMILES string of the molecule is CC1CCC(C(O)c2ncccn2)CC1. The highest BCUT2D eigenvalue weighted by atomic mass is 16.3. The van der Waals surface area contributed by atoms with Gasteiger partial charge in [-0.3, -0.25) is 0 Å². The molecular weight excluding hydrogens is 188 g/mol. The fraction of sp³-hybridized carbons (Fsp3) is 0.667. The van der Waals surface area contributed by atoms with E-state index >= 15 is 0 Å². The van der Waals surface area contributed by atoms with Crippen molar-refractivity contribution in [2.75, 3.05) is 0 Å². The standard InChI is InChI=1S/C12H18N2O/c1-9-3-5-10(6-4-9)11(15)12-13-7-2-8-14-12/h2,7-11,15H,3-6H2,1H3. The number of aromatic nitrogens is 2. The molecule has 0 aromatic carbocycles. The molecule has 1 aliphatic carbocycles. The summed E-state index contributed by atoms with van der Waals surface area (Å²) >= 11 is 0. The Morgan fingerprint density at radius 3 is 2.40 bits per heavy atom. The summed E-state index contributed by atoms with van der Waals surface area (Å²) in [6, 6.07) is 1.78. The Labute approximate surface area is 90.6 Å². The van der Waals surface area contributed by atoms with E-state index in [1.165, 1.54) is 12.8 Å². The van der Waals surface area contributed by atoms with Crippen LogP contribution >= 0.6 is 0 Å². The first-order chi connectivity index (χ1) is 7.27. The lowest BCUT2D eigenvalue weighted by molar-refractivity contribution is 0.0683. The number of aliphatic hydroxyl groups is 1. The van der Waals surface area contributed by atoms with Crippen molar-refractivity contribution in [3.8, 4) is 0 Å². The van der Waals surface area contributed by atoms with Gasteiger partial charge in [0.1, 0.15) is 6.10 Å². The summed E-state index contributed by atoms with van der Waals surface area (Å²) in [5.74, 6) is 1.74. The van der Waals surface area contributed by atoms with Crippen molar-refractivity contribution in [1.29, 1.82) is 0 Å². The van der Waals surface area contributed by atoms with Gasteiger partial charge in [0.2, 0.25) is 0 Å². The molecule has 1 heterocycles. The van der Waals surface area contributed by atoms with E-state index in [1.807, 2.05) is 0 Å². The van der Waals surface area contributed by atoms with Gasteiger partial charge in [0.05, 0.1) is 0 Å². The van der Waals surface area contributed by atoms with Crippen molar-refractivity contribution >= 4 is 0 Å². The largest absolute Gasteiger partial charge is 0.385 e. The monoisotopic (exact) mass is 206 g/mol. The summed E-state index contributed by atoms with van der Waals surface area (Å²) < 4.78 is 0. The van der Waals surface area contributed by atoms with Crippen LogP contribution in [-0.4, -0.2) is 15.1 Å². The molecule has 3 nitrogen and oxygen atoms in total. The number of nitrogens with zero attached hydrogens (tertiary/aromatic N) is 2. The zero-order chi connectivity index (χ0) is 10.7. The molecule has 1 N–H and O–H groups in total. The van der Waals surface area contributed by atoms with E-state index in [0.29, 0.717) is 11.7 Å². The van der Waals surface area contributed by atoms with Crippen molar-refractivity contribution in [3.05, 3.63) is 24.3 Å². The second-order valence-electron chi connectivity index (χ2n) is 4.57. The Balaban J connectivity index is 1.99. The Bertz CT molecular complexity index is 294. The van der Waals surface area contributed by atoms with Gasteiger partial charge < -0.3 is 5.11 Å². The van der Waals surface area contributed by atoms with E-state index in [-0.39, 0.29) is 0 Å². The van der Waals surface area contributed by atoms with Crippen molar-refractivity contribution < 1.29 is 5.11 Å². The fourth-order valence-electron chi connectivity index (χ4n) is 2.28. The highest BCUT2D eigenvalue weighted by Gasteiger charge is 2.26. The van der Waals surface area contributed by atoms with Gasteiger partial charge in [0.15, 0.2) is 5.82 Å². The lowest BCUT2D eigenvalue weighted by atomic mass is 9.80. The second-order valence-corrected chi connectivity index (χ2v) is 4.57. The molecule has 2 rings (SSSR count). The van der Waals surface area contributed by atoms with Crippen LogP contribution in [0.1, 0.15) is 44.5 Å². The van der Waals surface area contributed by atoms with E-state index in [9.17, 15) is 5.11 Å². The topological polar surface area (TPSA) is 46.0 Å². The molecule has 0 amide bonds. The van der Waals surface area contributed by atoms with Crippen molar-refractivity contribution in [2.24, 2.45) is 11.8 Å². The van der Waals surface area contributed by atoms with Crippen LogP contribution in [0.25, 0.3) is 0 Å². The van der Waals surface area contributed by atoms with Crippen molar-refractivity contribution in [1.82, 2.24) is 9.97 Å². The molecule has 1 saturated carbocycles. The van der Waals surface area contributed by atoms with Crippen LogP contribution in [0.5, 0.6) is 0 Å². The molecule has 15 heavy (non-hydrogen) atoms. The molecular formula is C12H18N2O. The minimum Gasteiger partial charge on any atom is -0.385 e. The summed E-state index contributed by atoms with van der Waals surface area (Å²) in [6.45, 7) is 2.28. The molecule has 82 valence electrons. The van der Waals surface area contributed by atoms with Crippen LogP contribution < -0.4 is 0 Å². The maximum absolute atomic E-state index is 10.1. The summed E-state index contributed by atoms with van der Waals surface area (Å²) in [5, 5.41) is 10.1. The van der Waals surface area contributed by atoms with Crippen LogP contribution in [0.4, 0.5) is 0 Å². The molecule has 1 fully saturated rings. The number of rotatable bonds is 2. The van der Waals surface area contributed by atoms with Gasteiger partial charge in [-0.05, 0) is 30.7 Å². The van der Waals surface area contributed by atoms with Crippen LogP contribution in [0, 0.1) is 11.8 Å². The molecule has 1 unspecified atom stereocenters. The minimum atomic E-state index is -0.473. The molecule has 0 bridgehead atoms. The Kier molecular flexibility index (Phi) is 3.31. The number of hydrogen-bond donors (Lipinski definition) is 1. The van der Waals surface area contributed by atoms with Gasteiger partial charge in [-0.15, -0.1) is 0 Å². The van der Waals surface area contributed by atoms with Crippen LogP contribution in [0.15, 0.2) is 18.5 Å². The maximum Gasteiger partial charge on any atom is 0.157 e. The third-order valence-electron chi connectivity index (χ3n) is 3.36. The van der Waals surface area contributed by atoms with Gasteiger partial charge in [0, 0.05) is 12.4 Å². The van der Waals surface area contributed by atoms with Crippen LogP contribution in [0.3, 0.4) is 0 Å². The predicted molar refractivity (Wildman–Crippen MR) is 58.1 cm³/mol.